The van der Waals surface area contributed by atoms with Gasteiger partial charge in [0.25, 0.3) is 0 Å². The van der Waals surface area contributed by atoms with Crippen LogP contribution in [0, 0.1) is 6.92 Å². The summed E-state index contributed by atoms with van der Waals surface area (Å²) in [6.45, 7) is 1.97. The SMILES string of the molecule is Cc1ncsc1-c1nncn1C. The van der Waals surface area contributed by atoms with Crippen LogP contribution in [0.4, 0.5) is 0 Å². The Morgan fingerprint density at radius 1 is 1.50 bits per heavy atom. The molecule has 12 heavy (non-hydrogen) atoms. The summed E-state index contributed by atoms with van der Waals surface area (Å²) in [6.07, 6.45) is 1.69. The normalized spacial score (nSPS) is 10.5. The van der Waals surface area contributed by atoms with E-state index in [4.69, 9.17) is 0 Å². The molecule has 0 atom stereocenters. The molecule has 0 radical (unpaired) electrons. The molecule has 0 aromatic carbocycles. The molecule has 0 fully saturated rings. The van der Waals surface area contributed by atoms with Crippen LogP contribution in [0.5, 0.6) is 0 Å². The van der Waals surface area contributed by atoms with E-state index in [0.29, 0.717) is 0 Å². The molecule has 0 bridgehead atoms. The Bertz CT molecular complexity index is 351. The van der Waals surface area contributed by atoms with Gasteiger partial charge in [0, 0.05) is 7.05 Å². The lowest BCUT2D eigenvalue weighted by Crippen LogP contribution is -1.90. The van der Waals surface area contributed by atoms with Crippen LogP contribution >= 0.6 is 11.3 Å². The van der Waals surface area contributed by atoms with Crippen LogP contribution in [-0.4, -0.2) is 19.7 Å². The van der Waals surface area contributed by atoms with Gasteiger partial charge in [0.05, 0.1) is 16.1 Å². The third-order valence-corrected chi connectivity index (χ3v) is 2.58. The first-order valence-corrected chi connectivity index (χ1v) is 4.41. The molecule has 4 nitrogen and oxygen atoms in total. The molecule has 0 aliphatic rings. The van der Waals surface area contributed by atoms with E-state index >= 15 is 0 Å². The highest BCUT2D eigenvalue weighted by Crippen LogP contribution is 2.23. The molecule has 5 heteroatoms. The second kappa shape index (κ2) is 2.67. The van der Waals surface area contributed by atoms with Crippen molar-refractivity contribution < 1.29 is 0 Å². The highest BCUT2D eigenvalue weighted by Gasteiger charge is 2.09. The smallest absolute Gasteiger partial charge is 0.175 e. The van der Waals surface area contributed by atoms with Gasteiger partial charge >= 0.3 is 0 Å². The van der Waals surface area contributed by atoms with Crippen LogP contribution in [-0.2, 0) is 7.05 Å². The second-order valence-electron chi connectivity index (χ2n) is 2.53. The number of hydrogen-bond acceptors (Lipinski definition) is 4. The Hall–Kier alpha value is -1.23. The zero-order chi connectivity index (χ0) is 8.55. The Morgan fingerprint density at radius 3 is 2.83 bits per heavy atom. The van der Waals surface area contributed by atoms with Crippen LogP contribution < -0.4 is 0 Å². The van der Waals surface area contributed by atoms with Crippen molar-refractivity contribution in [2.75, 3.05) is 0 Å². The number of rotatable bonds is 1. The number of nitrogens with zero attached hydrogens (tertiary/aromatic N) is 4. The Labute approximate surface area is 73.9 Å². The van der Waals surface area contributed by atoms with Gasteiger partial charge in [0.15, 0.2) is 5.82 Å². The standard InChI is InChI=1S/C7H8N4S/c1-5-6(12-4-8-5)7-10-9-3-11(7)2/h3-4H,1-2H3. The van der Waals surface area contributed by atoms with E-state index in [0.717, 1.165) is 16.4 Å². The molecule has 0 saturated carbocycles. The maximum absolute atomic E-state index is 4.15. The highest BCUT2D eigenvalue weighted by atomic mass is 32.1. The van der Waals surface area contributed by atoms with Crippen molar-refractivity contribution in [1.82, 2.24) is 19.7 Å². The summed E-state index contributed by atoms with van der Waals surface area (Å²) in [5.74, 6) is 0.884. The van der Waals surface area contributed by atoms with Gasteiger partial charge in [-0.05, 0) is 6.92 Å². The fraction of sp³-hybridized carbons (Fsp3) is 0.286. The lowest BCUT2D eigenvalue weighted by Gasteiger charge is -1.95. The van der Waals surface area contributed by atoms with Gasteiger partial charge in [0.2, 0.25) is 0 Å². The molecular weight excluding hydrogens is 172 g/mol. The van der Waals surface area contributed by atoms with Gasteiger partial charge < -0.3 is 4.57 Å². The van der Waals surface area contributed by atoms with Crippen LogP contribution in [0.25, 0.3) is 10.7 Å². The van der Waals surface area contributed by atoms with E-state index in [9.17, 15) is 0 Å². The predicted molar refractivity (Wildman–Crippen MR) is 46.8 cm³/mol. The third kappa shape index (κ3) is 1.02. The molecular formula is C7H8N4S. The summed E-state index contributed by atoms with van der Waals surface area (Å²) >= 11 is 1.59. The molecule has 0 N–H and O–H groups in total. The van der Waals surface area contributed by atoms with Gasteiger partial charge in [-0.2, -0.15) is 0 Å². The van der Waals surface area contributed by atoms with Crippen molar-refractivity contribution in [1.29, 1.82) is 0 Å². The van der Waals surface area contributed by atoms with Crippen molar-refractivity contribution in [3.63, 3.8) is 0 Å². The molecule has 2 heterocycles. The van der Waals surface area contributed by atoms with Gasteiger partial charge in [-0.1, -0.05) is 0 Å². The number of hydrogen-bond donors (Lipinski definition) is 0. The predicted octanol–water partition coefficient (Wildman–Crippen LogP) is 1.25. The molecule has 2 rings (SSSR count). The summed E-state index contributed by atoms with van der Waals surface area (Å²) in [5, 5.41) is 7.81. The molecule has 62 valence electrons. The van der Waals surface area contributed by atoms with E-state index in [1.807, 2.05) is 24.0 Å². The lowest BCUT2D eigenvalue weighted by molar-refractivity contribution is 0.920. The minimum Gasteiger partial charge on any atom is -0.316 e. The summed E-state index contributed by atoms with van der Waals surface area (Å²) in [5.41, 5.74) is 2.83. The zero-order valence-corrected chi connectivity index (χ0v) is 7.67. The maximum atomic E-state index is 4.15. The van der Waals surface area contributed by atoms with Crippen LogP contribution in [0.1, 0.15) is 5.69 Å². The number of aromatic nitrogens is 4. The molecule has 0 unspecified atom stereocenters. The van der Waals surface area contributed by atoms with E-state index in [1.54, 1.807) is 17.7 Å². The van der Waals surface area contributed by atoms with Crippen molar-refractivity contribution in [3.8, 4) is 10.7 Å². The third-order valence-electron chi connectivity index (χ3n) is 1.66. The molecule has 0 saturated heterocycles. The fourth-order valence-corrected chi connectivity index (χ4v) is 1.84. The van der Waals surface area contributed by atoms with E-state index in [2.05, 4.69) is 15.2 Å². The zero-order valence-electron chi connectivity index (χ0n) is 6.85. The first-order chi connectivity index (χ1) is 5.79. The average Bonchev–Trinajstić information content (AvgIpc) is 2.59. The first-order valence-electron chi connectivity index (χ1n) is 3.53. The first kappa shape index (κ1) is 7.42. The van der Waals surface area contributed by atoms with Crippen LogP contribution in [0.15, 0.2) is 11.8 Å². The highest BCUT2D eigenvalue weighted by molar-refractivity contribution is 7.13. The van der Waals surface area contributed by atoms with Crippen molar-refractivity contribution in [2.45, 2.75) is 6.92 Å². The van der Waals surface area contributed by atoms with Crippen molar-refractivity contribution >= 4 is 11.3 Å². The average molecular weight is 180 g/mol. The number of thiazole rings is 1. The topological polar surface area (TPSA) is 43.6 Å². The molecule has 2 aromatic heterocycles. The fourth-order valence-electron chi connectivity index (χ4n) is 1.01. The summed E-state index contributed by atoms with van der Waals surface area (Å²) in [4.78, 5) is 5.24. The largest absolute Gasteiger partial charge is 0.316 e. The molecule has 0 aliphatic heterocycles. The Kier molecular flexibility index (Phi) is 1.65. The summed E-state index contributed by atoms with van der Waals surface area (Å²) in [7, 11) is 1.93. The van der Waals surface area contributed by atoms with E-state index < -0.39 is 0 Å². The van der Waals surface area contributed by atoms with Gasteiger partial charge in [-0.25, -0.2) is 4.98 Å². The minimum atomic E-state index is 0.884. The van der Waals surface area contributed by atoms with Crippen molar-refractivity contribution in [2.24, 2.45) is 7.05 Å². The van der Waals surface area contributed by atoms with Gasteiger partial charge in [-0.3, -0.25) is 0 Å². The van der Waals surface area contributed by atoms with Crippen LogP contribution in [0.3, 0.4) is 0 Å². The van der Waals surface area contributed by atoms with Gasteiger partial charge in [-0.15, -0.1) is 21.5 Å². The molecule has 0 amide bonds. The quantitative estimate of drug-likeness (QED) is 0.663. The van der Waals surface area contributed by atoms with E-state index in [-0.39, 0.29) is 0 Å². The Morgan fingerprint density at radius 2 is 2.33 bits per heavy atom. The maximum Gasteiger partial charge on any atom is 0.175 e. The summed E-state index contributed by atoms with van der Waals surface area (Å²) < 4.78 is 1.89. The summed E-state index contributed by atoms with van der Waals surface area (Å²) in [6, 6.07) is 0. The minimum absolute atomic E-state index is 0.884. The monoisotopic (exact) mass is 180 g/mol. The van der Waals surface area contributed by atoms with Gasteiger partial charge in [0.1, 0.15) is 6.33 Å². The molecule has 2 aromatic rings. The van der Waals surface area contributed by atoms with E-state index in [1.165, 1.54) is 0 Å². The Balaban J connectivity index is 2.57. The molecule has 0 aliphatic carbocycles. The van der Waals surface area contributed by atoms with Crippen LogP contribution in [0.2, 0.25) is 0 Å². The van der Waals surface area contributed by atoms with Crippen molar-refractivity contribution in [3.05, 3.63) is 17.5 Å². The second-order valence-corrected chi connectivity index (χ2v) is 3.39. The number of aryl methyl sites for hydroxylation is 2. The molecule has 0 spiro atoms. The lowest BCUT2D eigenvalue weighted by atomic mass is 10.4.